The van der Waals surface area contributed by atoms with E-state index in [1.807, 2.05) is 25.1 Å². The van der Waals surface area contributed by atoms with Gasteiger partial charge in [-0.15, -0.1) is 24.8 Å². The van der Waals surface area contributed by atoms with E-state index in [1.165, 1.54) is 0 Å². The fourth-order valence-electron chi connectivity index (χ4n) is 2.29. The lowest BCUT2D eigenvalue weighted by atomic mass is 9.97. The van der Waals surface area contributed by atoms with Gasteiger partial charge in [0.25, 0.3) is 0 Å². The Morgan fingerprint density at radius 1 is 1.48 bits per heavy atom. The highest BCUT2D eigenvalue weighted by Crippen LogP contribution is 2.40. The summed E-state index contributed by atoms with van der Waals surface area (Å²) in [7, 11) is 1.72. The van der Waals surface area contributed by atoms with Crippen LogP contribution in [-0.2, 0) is 0 Å². The molecule has 1 unspecified atom stereocenters. The number of anilines is 1. The van der Waals surface area contributed by atoms with E-state index >= 15 is 0 Å². The van der Waals surface area contributed by atoms with Crippen molar-refractivity contribution in [2.45, 2.75) is 19.3 Å². The predicted octanol–water partition coefficient (Wildman–Crippen LogP) is 2.84. The molecule has 1 atom stereocenters. The average molecular weight is 336 g/mol. The summed E-state index contributed by atoms with van der Waals surface area (Å²) in [6.45, 7) is 4.02. The zero-order chi connectivity index (χ0) is 13.8. The van der Waals surface area contributed by atoms with E-state index in [4.69, 9.17) is 10.5 Å². The van der Waals surface area contributed by atoms with E-state index in [0.29, 0.717) is 24.8 Å². The molecule has 120 valence electrons. The van der Waals surface area contributed by atoms with Crippen LogP contribution in [0, 0.1) is 0 Å². The number of nitrogens with two attached hydrogens (primary N) is 1. The molecule has 5 nitrogen and oxygen atoms in total. The molecule has 0 saturated heterocycles. The number of amides is 1. The number of ether oxygens (including phenoxy) is 1. The van der Waals surface area contributed by atoms with Gasteiger partial charge in [0.1, 0.15) is 5.75 Å². The van der Waals surface area contributed by atoms with Crippen LogP contribution in [0.5, 0.6) is 5.75 Å². The monoisotopic (exact) mass is 335 g/mol. The average Bonchev–Trinajstić information content (AvgIpc) is 2.82. The normalized spacial score (nSPS) is 15.1. The molecule has 1 aromatic carbocycles. The van der Waals surface area contributed by atoms with Gasteiger partial charge in [0.05, 0.1) is 0 Å². The van der Waals surface area contributed by atoms with Crippen molar-refractivity contribution in [1.29, 1.82) is 0 Å². The standard InChI is InChI=1S/C14H21N3O2.2ClH/c1-3-17(2)14(18)19-12-6-4-5-11-13(12)10(7-8-15)9-16-11;;/h4-6,10,16H,3,7-9,15H2,1-2H3;2*1H. The van der Waals surface area contributed by atoms with E-state index in [9.17, 15) is 4.79 Å². The smallest absolute Gasteiger partial charge is 0.410 e. The van der Waals surface area contributed by atoms with Crippen LogP contribution in [0.1, 0.15) is 24.8 Å². The molecule has 7 heteroatoms. The molecule has 0 bridgehead atoms. The predicted molar refractivity (Wildman–Crippen MR) is 90.2 cm³/mol. The highest BCUT2D eigenvalue weighted by molar-refractivity contribution is 5.85. The van der Waals surface area contributed by atoms with Gasteiger partial charge in [-0.3, -0.25) is 0 Å². The van der Waals surface area contributed by atoms with E-state index < -0.39 is 0 Å². The first-order chi connectivity index (χ1) is 9.17. The van der Waals surface area contributed by atoms with Crippen LogP contribution in [0.15, 0.2) is 18.2 Å². The number of halogens is 2. The number of nitrogens with zero attached hydrogens (tertiary/aromatic N) is 1. The molecular formula is C14H23Cl2N3O2. The molecule has 1 aliphatic rings. The maximum Gasteiger partial charge on any atom is 0.414 e. The van der Waals surface area contributed by atoms with Crippen LogP contribution in [0.2, 0.25) is 0 Å². The molecule has 1 amide bonds. The number of nitrogens with one attached hydrogen (secondary N) is 1. The number of benzene rings is 1. The summed E-state index contributed by atoms with van der Waals surface area (Å²) in [6, 6.07) is 5.74. The molecule has 21 heavy (non-hydrogen) atoms. The fraction of sp³-hybridized carbons (Fsp3) is 0.500. The molecule has 0 fully saturated rings. The second-order valence-corrected chi connectivity index (χ2v) is 4.75. The Hall–Kier alpha value is -1.17. The number of hydrogen-bond donors (Lipinski definition) is 2. The first-order valence-electron chi connectivity index (χ1n) is 6.67. The van der Waals surface area contributed by atoms with Gasteiger partial charge in [-0.25, -0.2) is 4.79 Å². The molecule has 0 aliphatic carbocycles. The second-order valence-electron chi connectivity index (χ2n) is 4.75. The minimum absolute atomic E-state index is 0. The van der Waals surface area contributed by atoms with E-state index in [-0.39, 0.29) is 30.9 Å². The number of fused-ring (bicyclic) bond motifs is 1. The van der Waals surface area contributed by atoms with Gasteiger partial charge in [-0.1, -0.05) is 6.07 Å². The minimum Gasteiger partial charge on any atom is -0.410 e. The van der Waals surface area contributed by atoms with Gasteiger partial charge in [-0.05, 0) is 32.0 Å². The number of hydrogen-bond acceptors (Lipinski definition) is 4. The molecule has 2 rings (SSSR count). The Morgan fingerprint density at radius 2 is 2.19 bits per heavy atom. The summed E-state index contributed by atoms with van der Waals surface area (Å²) in [5, 5.41) is 3.33. The zero-order valence-corrected chi connectivity index (χ0v) is 13.9. The van der Waals surface area contributed by atoms with Crippen molar-refractivity contribution in [1.82, 2.24) is 4.90 Å². The summed E-state index contributed by atoms with van der Waals surface area (Å²) in [4.78, 5) is 13.4. The van der Waals surface area contributed by atoms with Crippen LogP contribution < -0.4 is 15.8 Å². The summed E-state index contributed by atoms with van der Waals surface area (Å²) in [6.07, 6.45) is 0.562. The third-order valence-corrected chi connectivity index (χ3v) is 3.51. The van der Waals surface area contributed by atoms with Crippen molar-refractivity contribution in [2.24, 2.45) is 5.73 Å². The molecule has 1 aliphatic heterocycles. The largest absolute Gasteiger partial charge is 0.414 e. The molecule has 1 heterocycles. The lowest BCUT2D eigenvalue weighted by molar-refractivity contribution is 0.164. The van der Waals surface area contributed by atoms with Crippen molar-refractivity contribution < 1.29 is 9.53 Å². The molecule has 0 saturated carbocycles. The molecular weight excluding hydrogens is 313 g/mol. The van der Waals surface area contributed by atoms with Crippen molar-refractivity contribution in [2.75, 3.05) is 32.0 Å². The van der Waals surface area contributed by atoms with E-state index in [1.54, 1.807) is 11.9 Å². The van der Waals surface area contributed by atoms with E-state index in [0.717, 1.165) is 24.2 Å². The lowest BCUT2D eigenvalue weighted by Gasteiger charge is -2.17. The van der Waals surface area contributed by atoms with Crippen molar-refractivity contribution in [3.8, 4) is 5.75 Å². The first-order valence-corrected chi connectivity index (χ1v) is 6.67. The first kappa shape index (κ1) is 19.8. The maximum atomic E-state index is 11.9. The van der Waals surface area contributed by atoms with Gasteiger partial charge in [0.15, 0.2) is 0 Å². The van der Waals surface area contributed by atoms with Gasteiger partial charge in [0.2, 0.25) is 0 Å². The van der Waals surface area contributed by atoms with Crippen LogP contribution >= 0.6 is 24.8 Å². The number of carbonyl (C=O) groups excluding carboxylic acids is 1. The highest BCUT2D eigenvalue weighted by atomic mass is 35.5. The van der Waals surface area contributed by atoms with Crippen molar-refractivity contribution >= 4 is 36.6 Å². The third kappa shape index (κ3) is 4.40. The highest BCUT2D eigenvalue weighted by Gasteiger charge is 2.26. The minimum atomic E-state index is -0.325. The Morgan fingerprint density at radius 3 is 2.81 bits per heavy atom. The number of carbonyl (C=O) groups is 1. The van der Waals surface area contributed by atoms with Crippen LogP contribution in [0.25, 0.3) is 0 Å². The third-order valence-electron chi connectivity index (χ3n) is 3.51. The molecule has 1 aromatic rings. The topological polar surface area (TPSA) is 67.6 Å². The fourth-order valence-corrected chi connectivity index (χ4v) is 2.29. The summed E-state index contributed by atoms with van der Waals surface area (Å²) >= 11 is 0. The quantitative estimate of drug-likeness (QED) is 0.887. The number of rotatable bonds is 4. The summed E-state index contributed by atoms with van der Waals surface area (Å²) < 4.78 is 5.49. The van der Waals surface area contributed by atoms with Crippen LogP contribution in [0.3, 0.4) is 0 Å². The van der Waals surface area contributed by atoms with Crippen molar-refractivity contribution in [3.05, 3.63) is 23.8 Å². The van der Waals surface area contributed by atoms with Crippen LogP contribution in [-0.4, -0.2) is 37.7 Å². The Labute approximate surface area is 138 Å². The SMILES string of the molecule is CCN(C)C(=O)Oc1cccc2c1C(CCN)CN2.Cl.Cl. The van der Waals surface area contributed by atoms with Crippen molar-refractivity contribution in [3.63, 3.8) is 0 Å². The molecule has 0 radical (unpaired) electrons. The van der Waals surface area contributed by atoms with Crippen LogP contribution in [0.4, 0.5) is 10.5 Å². The van der Waals surface area contributed by atoms with E-state index in [2.05, 4.69) is 5.32 Å². The lowest BCUT2D eigenvalue weighted by Crippen LogP contribution is -2.29. The molecule has 3 N–H and O–H groups in total. The summed E-state index contributed by atoms with van der Waals surface area (Å²) in [5.41, 5.74) is 7.76. The van der Waals surface area contributed by atoms with Gasteiger partial charge in [0, 0.05) is 37.3 Å². The summed E-state index contributed by atoms with van der Waals surface area (Å²) in [5.74, 6) is 0.960. The molecule has 0 spiro atoms. The maximum absolute atomic E-state index is 11.9. The van der Waals surface area contributed by atoms with Gasteiger partial charge in [-0.2, -0.15) is 0 Å². The second kappa shape index (κ2) is 8.97. The van der Waals surface area contributed by atoms with Gasteiger partial charge >= 0.3 is 6.09 Å². The Balaban J connectivity index is 0.00000200. The molecule has 0 aromatic heterocycles. The van der Waals surface area contributed by atoms with Gasteiger partial charge < -0.3 is 20.7 Å². The zero-order valence-electron chi connectivity index (χ0n) is 12.3. The Kier molecular flexibility index (Phi) is 8.47. The Bertz CT molecular complexity index is 470.